The van der Waals surface area contributed by atoms with Crippen molar-refractivity contribution in [3.05, 3.63) is 54.1 Å². The smallest absolute Gasteiger partial charge is 0.252 e. The predicted octanol–water partition coefficient (Wildman–Crippen LogP) is 2.46. The van der Waals surface area contributed by atoms with Gasteiger partial charge in [0, 0.05) is 5.56 Å². The molecule has 0 spiro atoms. The average molecular weight is 227 g/mol. The first-order chi connectivity index (χ1) is 8.24. The Morgan fingerprint density at radius 2 is 1.76 bits per heavy atom. The van der Waals surface area contributed by atoms with Crippen molar-refractivity contribution in [2.75, 3.05) is 7.11 Å². The highest BCUT2D eigenvalue weighted by Gasteiger charge is 2.13. The third kappa shape index (κ3) is 2.13. The van der Waals surface area contributed by atoms with E-state index >= 15 is 0 Å². The summed E-state index contributed by atoms with van der Waals surface area (Å²) in [6.07, 6.45) is 0. The molecule has 0 aliphatic heterocycles. The molecule has 1 amide bonds. The average Bonchev–Trinajstić information content (AvgIpc) is 2.38. The molecule has 86 valence electrons. The Morgan fingerprint density at radius 1 is 1.06 bits per heavy atom. The zero-order chi connectivity index (χ0) is 12.3. The number of rotatable bonds is 3. The molecule has 3 nitrogen and oxygen atoms in total. The highest BCUT2D eigenvalue weighted by atomic mass is 16.5. The molecule has 0 bridgehead atoms. The maximum Gasteiger partial charge on any atom is 0.252 e. The van der Waals surface area contributed by atoms with E-state index in [1.807, 2.05) is 36.4 Å². The lowest BCUT2D eigenvalue weighted by Gasteiger charge is -2.11. The van der Waals surface area contributed by atoms with Crippen LogP contribution in [-0.4, -0.2) is 13.0 Å². The van der Waals surface area contributed by atoms with Crippen LogP contribution in [0.5, 0.6) is 5.75 Å². The lowest BCUT2D eigenvalue weighted by atomic mass is 10.0. The van der Waals surface area contributed by atoms with Crippen molar-refractivity contribution >= 4 is 5.91 Å². The fourth-order valence-corrected chi connectivity index (χ4v) is 1.80. The second-order valence-corrected chi connectivity index (χ2v) is 3.62. The predicted molar refractivity (Wildman–Crippen MR) is 66.9 cm³/mol. The summed E-state index contributed by atoms with van der Waals surface area (Å²) in [5.41, 5.74) is 7.57. The second-order valence-electron chi connectivity index (χ2n) is 3.62. The molecule has 2 N–H and O–H groups in total. The highest BCUT2D eigenvalue weighted by molar-refractivity contribution is 5.98. The summed E-state index contributed by atoms with van der Waals surface area (Å²) in [5.74, 6) is 0.0332. The molecular formula is C14H13NO2. The van der Waals surface area contributed by atoms with Crippen LogP contribution in [0.4, 0.5) is 0 Å². The zero-order valence-electron chi connectivity index (χ0n) is 9.51. The molecular weight excluding hydrogens is 214 g/mol. The van der Waals surface area contributed by atoms with Crippen LogP contribution < -0.4 is 10.5 Å². The van der Waals surface area contributed by atoms with Crippen molar-refractivity contribution < 1.29 is 9.53 Å². The molecule has 0 unspecified atom stereocenters. The third-order valence-electron chi connectivity index (χ3n) is 2.57. The quantitative estimate of drug-likeness (QED) is 0.875. The van der Waals surface area contributed by atoms with Crippen LogP contribution in [0.3, 0.4) is 0 Å². The number of hydrogen-bond donors (Lipinski definition) is 1. The molecule has 0 heterocycles. The number of ether oxygens (including phenoxy) is 1. The van der Waals surface area contributed by atoms with Gasteiger partial charge < -0.3 is 10.5 Å². The maximum absolute atomic E-state index is 11.3. The van der Waals surface area contributed by atoms with E-state index in [0.29, 0.717) is 11.3 Å². The number of carbonyl (C=O) groups is 1. The summed E-state index contributed by atoms with van der Waals surface area (Å²) < 4.78 is 5.29. The fraction of sp³-hybridized carbons (Fsp3) is 0.0714. The molecule has 0 atom stereocenters. The van der Waals surface area contributed by atoms with E-state index in [9.17, 15) is 4.79 Å². The van der Waals surface area contributed by atoms with Gasteiger partial charge in [-0.15, -0.1) is 0 Å². The number of methoxy groups -OCH3 is 1. The number of benzene rings is 2. The van der Waals surface area contributed by atoms with Crippen LogP contribution in [0, 0.1) is 0 Å². The van der Waals surface area contributed by atoms with Gasteiger partial charge in [-0.3, -0.25) is 4.79 Å². The van der Waals surface area contributed by atoms with E-state index in [4.69, 9.17) is 10.5 Å². The molecule has 17 heavy (non-hydrogen) atoms. The minimum absolute atomic E-state index is 0.397. The van der Waals surface area contributed by atoms with Gasteiger partial charge in [0.2, 0.25) is 0 Å². The normalized spacial score (nSPS) is 9.94. The Labute approximate surface area is 99.8 Å². The Bertz CT molecular complexity index is 535. The fourth-order valence-electron chi connectivity index (χ4n) is 1.80. The number of primary amides is 1. The molecule has 0 saturated carbocycles. The maximum atomic E-state index is 11.3. The first-order valence-electron chi connectivity index (χ1n) is 5.26. The molecule has 2 aromatic rings. The summed E-state index contributed by atoms with van der Waals surface area (Å²) in [4.78, 5) is 11.3. The van der Waals surface area contributed by atoms with Crippen molar-refractivity contribution in [1.82, 2.24) is 0 Å². The summed E-state index contributed by atoms with van der Waals surface area (Å²) >= 11 is 0. The van der Waals surface area contributed by atoms with Crippen molar-refractivity contribution in [2.24, 2.45) is 5.73 Å². The molecule has 0 aliphatic carbocycles. The molecule has 0 aliphatic rings. The monoisotopic (exact) mass is 227 g/mol. The van der Waals surface area contributed by atoms with Gasteiger partial charge in [-0.25, -0.2) is 0 Å². The van der Waals surface area contributed by atoms with Crippen molar-refractivity contribution in [1.29, 1.82) is 0 Å². The summed E-state index contributed by atoms with van der Waals surface area (Å²) in [6.45, 7) is 0. The summed E-state index contributed by atoms with van der Waals surface area (Å²) in [7, 11) is 1.54. The molecule has 0 radical (unpaired) electrons. The van der Waals surface area contributed by atoms with Gasteiger partial charge in [-0.1, -0.05) is 42.5 Å². The van der Waals surface area contributed by atoms with Crippen LogP contribution in [0.1, 0.15) is 10.4 Å². The van der Waals surface area contributed by atoms with Gasteiger partial charge in [0.05, 0.1) is 12.7 Å². The molecule has 0 aromatic heterocycles. The molecule has 3 heteroatoms. The summed E-state index contributed by atoms with van der Waals surface area (Å²) in [6, 6.07) is 15.1. The number of amides is 1. The first-order valence-corrected chi connectivity index (χ1v) is 5.26. The standard InChI is InChI=1S/C14H13NO2/c1-17-13-11(10-6-3-2-4-7-10)8-5-9-12(13)14(15)16/h2-9H,1H3,(H2,15,16). The Hall–Kier alpha value is -2.29. The number of hydrogen-bond acceptors (Lipinski definition) is 2. The Kier molecular flexibility index (Phi) is 3.10. The molecule has 0 fully saturated rings. The van der Waals surface area contributed by atoms with Gasteiger partial charge in [-0.05, 0) is 11.6 Å². The third-order valence-corrected chi connectivity index (χ3v) is 2.57. The van der Waals surface area contributed by atoms with Crippen LogP contribution in [0.2, 0.25) is 0 Å². The van der Waals surface area contributed by atoms with Gasteiger partial charge in [0.25, 0.3) is 5.91 Å². The minimum atomic E-state index is -0.486. The SMILES string of the molecule is COc1c(C(N)=O)cccc1-c1ccccc1. The van der Waals surface area contributed by atoms with E-state index in [-0.39, 0.29) is 0 Å². The van der Waals surface area contributed by atoms with E-state index in [1.165, 1.54) is 7.11 Å². The lowest BCUT2D eigenvalue weighted by Crippen LogP contribution is -2.12. The van der Waals surface area contributed by atoms with Gasteiger partial charge in [-0.2, -0.15) is 0 Å². The Balaban J connectivity index is 2.63. The minimum Gasteiger partial charge on any atom is -0.495 e. The topological polar surface area (TPSA) is 52.3 Å². The van der Waals surface area contributed by atoms with Crippen LogP contribution in [0.15, 0.2) is 48.5 Å². The van der Waals surface area contributed by atoms with E-state index in [0.717, 1.165) is 11.1 Å². The highest BCUT2D eigenvalue weighted by Crippen LogP contribution is 2.32. The molecule has 2 rings (SSSR count). The number of nitrogens with two attached hydrogens (primary N) is 1. The van der Waals surface area contributed by atoms with E-state index in [1.54, 1.807) is 12.1 Å². The molecule has 0 saturated heterocycles. The van der Waals surface area contributed by atoms with Crippen LogP contribution in [-0.2, 0) is 0 Å². The zero-order valence-corrected chi connectivity index (χ0v) is 9.51. The molecule has 2 aromatic carbocycles. The van der Waals surface area contributed by atoms with E-state index in [2.05, 4.69) is 0 Å². The first kappa shape index (κ1) is 11.2. The van der Waals surface area contributed by atoms with Crippen LogP contribution in [0.25, 0.3) is 11.1 Å². The van der Waals surface area contributed by atoms with E-state index < -0.39 is 5.91 Å². The van der Waals surface area contributed by atoms with Crippen molar-refractivity contribution in [3.8, 4) is 16.9 Å². The van der Waals surface area contributed by atoms with Gasteiger partial charge >= 0.3 is 0 Å². The lowest BCUT2D eigenvalue weighted by molar-refractivity contribution is 0.0997. The number of carbonyl (C=O) groups excluding carboxylic acids is 1. The second kappa shape index (κ2) is 4.70. The van der Waals surface area contributed by atoms with Crippen molar-refractivity contribution in [2.45, 2.75) is 0 Å². The number of para-hydroxylation sites is 1. The van der Waals surface area contributed by atoms with Gasteiger partial charge in [0.15, 0.2) is 0 Å². The van der Waals surface area contributed by atoms with Crippen molar-refractivity contribution in [3.63, 3.8) is 0 Å². The van der Waals surface area contributed by atoms with Crippen LogP contribution >= 0.6 is 0 Å². The Morgan fingerprint density at radius 3 is 2.35 bits per heavy atom. The van der Waals surface area contributed by atoms with Gasteiger partial charge in [0.1, 0.15) is 5.75 Å². The summed E-state index contributed by atoms with van der Waals surface area (Å²) in [5, 5.41) is 0. The largest absolute Gasteiger partial charge is 0.495 e.